The molecular weight excluding hydrogens is 399 g/mol. The fraction of sp³-hybridized carbons (Fsp3) is 0.375. The Balaban J connectivity index is 0.00000261. The summed E-state index contributed by atoms with van der Waals surface area (Å²) in [4.78, 5) is 15.9. The number of carbonyl (C=O) groups is 1. The number of benzene rings is 1. The molecule has 3 rings (SSSR count). The lowest BCUT2D eigenvalue weighted by atomic mass is 10.2. The number of imidazole rings is 1. The first-order valence-corrected chi connectivity index (χ1v) is 9.38. The number of rotatable bonds is 4. The number of halogens is 2. The van der Waals surface area contributed by atoms with E-state index in [9.17, 15) is 17.6 Å². The second-order valence-corrected chi connectivity index (χ2v) is 7.72. The summed E-state index contributed by atoms with van der Waals surface area (Å²) < 4.78 is 47.8. The number of aromatic nitrogens is 2. The second-order valence-electron chi connectivity index (χ2n) is 5.86. The fourth-order valence-electron chi connectivity index (χ4n) is 3.01. The van der Waals surface area contributed by atoms with E-state index in [-0.39, 0.29) is 29.4 Å². The van der Waals surface area contributed by atoms with Crippen molar-refractivity contribution in [3.8, 4) is 0 Å². The number of nitrogens with zero attached hydrogens (tertiary/aromatic N) is 3. The van der Waals surface area contributed by atoms with Crippen molar-refractivity contribution in [2.75, 3.05) is 26.7 Å². The van der Waals surface area contributed by atoms with Crippen LogP contribution in [-0.2, 0) is 21.8 Å². The SMILES string of the molecule is COC(=O)c1cc(F)ccc1S(=O)(=O)N1CCNCC1c1nccn1C.Cl. The molecule has 11 heteroatoms. The Morgan fingerprint density at radius 3 is 2.78 bits per heavy atom. The van der Waals surface area contributed by atoms with Crippen LogP contribution in [-0.4, -0.2) is 55.0 Å². The molecule has 8 nitrogen and oxygen atoms in total. The maximum Gasteiger partial charge on any atom is 0.339 e. The molecule has 2 aromatic rings. The van der Waals surface area contributed by atoms with Gasteiger partial charge in [-0.3, -0.25) is 0 Å². The third kappa shape index (κ3) is 3.98. The first kappa shape index (κ1) is 21.3. The Labute approximate surface area is 162 Å². The molecule has 0 amide bonds. The van der Waals surface area contributed by atoms with Crippen molar-refractivity contribution < 1.29 is 22.3 Å². The van der Waals surface area contributed by atoms with Crippen molar-refractivity contribution in [3.63, 3.8) is 0 Å². The molecule has 1 atom stereocenters. The third-order valence-corrected chi connectivity index (χ3v) is 6.25. The molecule has 1 N–H and O–H groups in total. The lowest BCUT2D eigenvalue weighted by Gasteiger charge is -2.35. The van der Waals surface area contributed by atoms with Crippen LogP contribution in [0.2, 0.25) is 0 Å². The molecule has 0 bridgehead atoms. The number of ether oxygens (including phenoxy) is 1. The van der Waals surface area contributed by atoms with E-state index in [1.54, 1.807) is 24.0 Å². The van der Waals surface area contributed by atoms with Gasteiger partial charge in [0.1, 0.15) is 11.6 Å². The minimum absolute atomic E-state index is 0. The Morgan fingerprint density at radius 2 is 2.15 bits per heavy atom. The van der Waals surface area contributed by atoms with E-state index in [2.05, 4.69) is 15.0 Å². The highest BCUT2D eigenvalue weighted by Gasteiger charge is 2.38. The molecule has 0 spiro atoms. The molecule has 0 saturated carbocycles. The van der Waals surface area contributed by atoms with Crippen LogP contribution in [0, 0.1) is 5.82 Å². The van der Waals surface area contributed by atoms with Crippen molar-refractivity contribution in [2.24, 2.45) is 7.05 Å². The van der Waals surface area contributed by atoms with Gasteiger partial charge in [0.25, 0.3) is 0 Å². The summed E-state index contributed by atoms with van der Waals surface area (Å²) in [5.41, 5.74) is -0.329. The average Bonchev–Trinajstić information content (AvgIpc) is 3.06. The van der Waals surface area contributed by atoms with Crippen LogP contribution in [0.15, 0.2) is 35.5 Å². The first-order valence-electron chi connectivity index (χ1n) is 7.94. The molecule has 2 heterocycles. The molecule has 1 aliphatic rings. The molecule has 1 aromatic heterocycles. The van der Waals surface area contributed by atoms with Gasteiger partial charge < -0.3 is 14.6 Å². The maximum atomic E-state index is 13.6. The number of hydrogen-bond donors (Lipinski definition) is 1. The second kappa shape index (κ2) is 8.34. The zero-order chi connectivity index (χ0) is 18.9. The molecule has 1 unspecified atom stereocenters. The number of esters is 1. The molecule has 1 aromatic carbocycles. The van der Waals surface area contributed by atoms with E-state index >= 15 is 0 Å². The van der Waals surface area contributed by atoms with E-state index in [0.29, 0.717) is 18.9 Å². The summed E-state index contributed by atoms with van der Waals surface area (Å²) in [5, 5.41) is 3.15. The highest BCUT2D eigenvalue weighted by Crippen LogP contribution is 2.30. The number of methoxy groups -OCH3 is 1. The van der Waals surface area contributed by atoms with E-state index in [0.717, 1.165) is 25.3 Å². The van der Waals surface area contributed by atoms with E-state index < -0.39 is 27.9 Å². The quantitative estimate of drug-likeness (QED) is 0.747. The van der Waals surface area contributed by atoms with Crippen LogP contribution in [0.1, 0.15) is 22.2 Å². The van der Waals surface area contributed by atoms with Gasteiger partial charge in [0, 0.05) is 39.1 Å². The zero-order valence-corrected chi connectivity index (χ0v) is 16.4. The van der Waals surface area contributed by atoms with Gasteiger partial charge >= 0.3 is 5.97 Å². The van der Waals surface area contributed by atoms with Crippen LogP contribution in [0.5, 0.6) is 0 Å². The van der Waals surface area contributed by atoms with Gasteiger partial charge in [-0.1, -0.05) is 0 Å². The van der Waals surface area contributed by atoms with Crippen LogP contribution >= 0.6 is 12.4 Å². The molecule has 148 valence electrons. The minimum Gasteiger partial charge on any atom is -0.465 e. The van der Waals surface area contributed by atoms with Gasteiger partial charge in [-0.05, 0) is 18.2 Å². The van der Waals surface area contributed by atoms with E-state index in [1.807, 2.05) is 0 Å². The highest BCUT2D eigenvalue weighted by atomic mass is 35.5. The van der Waals surface area contributed by atoms with Crippen molar-refractivity contribution in [1.29, 1.82) is 0 Å². The summed E-state index contributed by atoms with van der Waals surface area (Å²) >= 11 is 0. The van der Waals surface area contributed by atoms with Crippen molar-refractivity contribution >= 4 is 28.4 Å². The molecule has 0 aliphatic carbocycles. The van der Waals surface area contributed by atoms with Crippen molar-refractivity contribution in [3.05, 3.63) is 47.8 Å². The average molecular weight is 419 g/mol. The number of aryl methyl sites for hydroxylation is 1. The molecule has 1 saturated heterocycles. The lowest BCUT2D eigenvalue weighted by molar-refractivity contribution is 0.0595. The zero-order valence-electron chi connectivity index (χ0n) is 14.8. The Hall–Kier alpha value is -2.01. The highest BCUT2D eigenvalue weighted by molar-refractivity contribution is 7.89. The minimum atomic E-state index is -4.08. The number of nitrogens with one attached hydrogen (secondary N) is 1. The van der Waals surface area contributed by atoms with Crippen LogP contribution in [0.4, 0.5) is 4.39 Å². The molecule has 0 radical (unpaired) electrons. The van der Waals surface area contributed by atoms with Gasteiger partial charge in [-0.15, -0.1) is 12.4 Å². The Kier molecular flexibility index (Phi) is 6.58. The van der Waals surface area contributed by atoms with Gasteiger partial charge in [0.05, 0.1) is 23.6 Å². The Morgan fingerprint density at radius 1 is 1.41 bits per heavy atom. The van der Waals surface area contributed by atoms with Gasteiger partial charge in [0.15, 0.2) is 0 Å². The van der Waals surface area contributed by atoms with Crippen LogP contribution < -0.4 is 5.32 Å². The summed E-state index contributed by atoms with van der Waals surface area (Å²) in [6.45, 7) is 1.02. The summed E-state index contributed by atoms with van der Waals surface area (Å²) in [5.74, 6) is -1.06. The lowest BCUT2D eigenvalue weighted by Crippen LogP contribution is -2.49. The van der Waals surface area contributed by atoms with E-state index in [1.165, 1.54) is 4.31 Å². The number of carbonyl (C=O) groups excluding carboxylic acids is 1. The monoisotopic (exact) mass is 418 g/mol. The maximum absolute atomic E-state index is 13.6. The molecule has 27 heavy (non-hydrogen) atoms. The summed E-state index contributed by atoms with van der Waals surface area (Å²) in [6, 6.07) is 2.42. The normalized spacial score (nSPS) is 18.0. The predicted octanol–water partition coefficient (Wildman–Crippen LogP) is 1.10. The summed E-state index contributed by atoms with van der Waals surface area (Å²) in [7, 11) is -1.19. The Bertz CT molecular complexity index is 934. The van der Waals surface area contributed by atoms with Gasteiger partial charge in [-0.2, -0.15) is 4.31 Å². The third-order valence-electron chi connectivity index (χ3n) is 4.28. The molecular formula is C16H20ClFN4O4S. The first-order chi connectivity index (χ1) is 12.4. The van der Waals surface area contributed by atoms with Gasteiger partial charge in [-0.25, -0.2) is 22.6 Å². The number of sulfonamides is 1. The number of hydrogen-bond acceptors (Lipinski definition) is 6. The topological polar surface area (TPSA) is 93.5 Å². The molecule has 1 fully saturated rings. The number of piperazine rings is 1. The largest absolute Gasteiger partial charge is 0.465 e. The van der Waals surface area contributed by atoms with Crippen molar-refractivity contribution in [2.45, 2.75) is 10.9 Å². The molecule has 1 aliphatic heterocycles. The predicted molar refractivity (Wildman–Crippen MR) is 97.7 cm³/mol. The van der Waals surface area contributed by atoms with Crippen LogP contribution in [0.25, 0.3) is 0 Å². The van der Waals surface area contributed by atoms with Crippen LogP contribution in [0.3, 0.4) is 0 Å². The van der Waals surface area contributed by atoms with Crippen molar-refractivity contribution in [1.82, 2.24) is 19.2 Å². The standard InChI is InChI=1S/C16H19FN4O4S.ClH/c1-20-7-6-19-15(20)13-10-18-5-8-21(13)26(23,24)14-4-3-11(17)9-12(14)16(22)25-2;/h3-4,6-7,9,13,18H,5,8,10H2,1-2H3;1H. The fourth-order valence-corrected chi connectivity index (χ4v) is 4.76. The summed E-state index contributed by atoms with van der Waals surface area (Å²) in [6.07, 6.45) is 3.32. The van der Waals surface area contributed by atoms with E-state index in [4.69, 9.17) is 0 Å². The smallest absolute Gasteiger partial charge is 0.339 e. The van der Waals surface area contributed by atoms with Gasteiger partial charge in [0.2, 0.25) is 10.0 Å².